The fourth-order valence-corrected chi connectivity index (χ4v) is 1.57. The average Bonchev–Trinajstić information content (AvgIpc) is 2.78. The lowest BCUT2D eigenvalue weighted by Gasteiger charge is -2.01. The van der Waals surface area contributed by atoms with E-state index in [1.54, 1.807) is 6.20 Å². The van der Waals surface area contributed by atoms with Crippen molar-refractivity contribution in [3.63, 3.8) is 0 Å². The third kappa shape index (κ3) is 3.10. The molecule has 2 rings (SSSR count). The Hall–Kier alpha value is -1.27. The number of nitrogens with two attached hydrogens (primary N) is 1. The minimum atomic E-state index is 0.334. The monoisotopic (exact) mass is 296 g/mol. The summed E-state index contributed by atoms with van der Waals surface area (Å²) in [7, 11) is 0. The zero-order valence-corrected chi connectivity index (χ0v) is 11.0. The highest BCUT2D eigenvalue weighted by Crippen LogP contribution is 2.16. The second-order valence-corrected chi connectivity index (χ2v) is 4.83. The Kier molecular flexibility index (Phi) is 3.86. The van der Waals surface area contributed by atoms with Crippen molar-refractivity contribution in [2.75, 3.05) is 6.54 Å². The molecule has 2 N–H and O–H groups in total. The fraction of sp³-hybridized carbons (Fsp3) is 0.364. The average molecular weight is 297 g/mol. The minimum absolute atomic E-state index is 0.334. The van der Waals surface area contributed by atoms with E-state index in [4.69, 9.17) is 10.3 Å². The molecule has 0 aromatic carbocycles. The highest BCUT2D eigenvalue weighted by atomic mass is 79.9. The standard InChI is InChI=1S/C11H13BrN4O/c1-7(5-13)4-10-15-11(16-17-10)9-3-2-8(12)6-14-9/h2-3,6-7H,4-5,13H2,1H3. The molecule has 1 atom stereocenters. The summed E-state index contributed by atoms with van der Waals surface area (Å²) >= 11 is 3.32. The van der Waals surface area contributed by atoms with Crippen LogP contribution in [-0.2, 0) is 6.42 Å². The van der Waals surface area contributed by atoms with Gasteiger partial charge in [0.25, 0.3) is 0 Å². The Labute approximate surface area is 108 Å². The number of hydrogen-bond acceptors (Lipinski definition) is 5. The zero-order valence-electron chi connectivity index (χ0n) is 9.43. The van der Waals surface area contributed by atoms with Crippen molar-refractivity contribution >= 4 is 15.9 Å². The van der Waals surface area contributed by atoms with Gasteiger partial charge >= 0.3 is 0 Å². The molecule has 2 aromatic heterocycles. The van der Waals surface area contributed by atoms with Gasteiger partial charge in [-0.2, -0.15) is 4.98 Å². The quantitative estimate of drug-likeness (QED) is 0.934. The van der Waals surface area contributed by atoms with Crippen LogP contribution in [0.3, 0.4) is 0 Å². The first-order valence-corrected chi connectivity index (χ1v) is 6.13. The topological polar surface area (TPSA) is 77.8 Å². The van der Waals surface area contributed by atoms with Crippen LogP contribution in [0.25, 0.3) is 11.5 Å². The van der Waals surface area contributed by atoms with Gasteiger partial charge < -0.3 is 10.3 Å². The molecule has 0 radical (unpaired) electrons. The number of pyridine rings is 1. The van der Waals surface area contributed by atoms with Gasteiger partial charge in [0.15, 0.2) is 0 Å². The van der Waals surface area contributed by atoms with E-state index in [1.165, 1.54) is 0 Å². The van der Waals surface area contributed by atoms with Crippen LogP contribution in [0.5, 0.6) is 0 Å². The van der Waals surface area contributed by atoms with Crippen LogP contribution in [0.1, 0.15) is 12.8 Å². The summed E-state index contributed by atoms with van der Waals surface area (Å²) in [6.45, 7) is 2.65. The number of rotatable bonds is 4. The molecule has 0 amide bonds. The molecule has 90 valence electrons. The summed E-state index contributed by atoms with van der Waals surface area (Å²) < 4.78 is 6.07. The van der Waals surface area contributed by atoms with Gasteiger partial charge in [0.2, 0.25) is 11.7 Å². The van der Waals surface area contributed by atoms with E-state index in [1.807, 2.05) is 19.1 Å². The lowest BCUT2D eigenvalue weighted by molar-refractivity contribution is 0.359. The highest BCUT2D eigenvalue weighted by molar-refractivity contribution is 9.10. The summed E-state index contributed by atoms with van der Waals surface area (Å²) in [4.78, 5) is 8.49. The zero-order chi connectivity index (χ0) is 12.3. The summed E-state index contributed by atoms with van der Waals surface area (Å²) in [6, 6.07) is 3.73. The SMILES string of the molecule is CC(CN)Cc1nc(-c2ccc(Br)cn2)no1. The minimum Gasteiger partial charge on any atom is -0.339 e. The van der Waals surface area contributed by atoms with E-state index in [0.29, 0.717) is 36.3 Å². The summed E-state index contributed by atoms with van der Waals surface area (Å²) in [6.07, 6.45) is 2.40. The Morgan fingerprint density at radius 1 is 1.47 bits per heavy atom. The molecule has 0 aliphatic heterocycles. The molecule has 5 nitrogen and oxygen atoms in total. The van der Waals surface area contributed by atoms with Crippen molar-refractivity contribution in [2.45, 2.75) is 13.3 Å². The third-order valence-electron chi connectivity index (χ3n) is 2.35. The van der Waals surface area contributed by atoms with Crippen molar-refractivity contribution in [1.82, 2.24) is 15.1 Å². The molecule has 0 aliphatic rings. The molecule has 0 saturated heterocycles. The second kappa shape index (κ2) is 5.37. The van der Waals surface area contributed by atoms with E-state index >= 15 is 0 Å². The first kappa shape index (κ1) is 12.2. The molecular formula is C11H13BrN4O. The lowest BCUT2D eigenvalue weighted by Crippen LogP contribution is -2.13. The van der Waals surface area contributed by atoms with Crippen LogP contribution in [0.4, 0.5) is 0 Å². The maximum Gasteiger partial charge on any atom is 0.227 e. The number of nitrogens with zero attached hydrogens (tertiary/aromatic N) is 3. The first-order valence-electron chi connectivity index (χ1n) is 5.33. The van der Waals surface area contributed by atoms with Gasteiger partial charge in [-0.15, -0.1) is 0 Å². The van der Waals surface area contributed by atoms with Crippen molar-refractivity contribution in [2.24, 2.45) is 11.7 Å². The Bertz CT molecular complexity index is 482. The molecule has 1 unspecified atom stereocenters. The van der Waals surface area contributed by atoms with Crippen molar-refractivity contribution < 1.29 is 4.52 Å². The highest BCUT2D eigenvalue weighted by Gasteiger charge is 2.11. The Morgan fingerprint density at radius 2 is 2.29 bits per heavy atom. The van der Waals surface area contributed by atoms with Crippen LogP contribution in [0.2, 0.25) is 0 Å². The van der Waals surface area contributed by atoms with Crippen LogP contribution >= 0.6 is 15.9 Å². The van der Waals surface area contributed by atoms with E-state index < -0.39 is 0 Å². The Morgan fingerprint density at radius 3 is 2.94 bits per heavy atom. The third-order valence-corrected chi connectivity index (χ3v) is 2.82. The number of aromatic nitrogens is 3. The molecule has 2 aromatic rings. The molecule has 0 spiro atoms. The fourth-order valence-electron chi connectivity index (χ4n) is 1.33. The smallest absolute Gasteiger partial charge is 0.227 e. The van der Waals surface area contributed by atoms with Gasteiger partial charge in [-0.05, 0) is 40.5 Å². The summed E-state index contributed by atoms with van der Waals surface area (Å²) in [5, 5.41) is 3.90. The molecular weight excluding hydrogens is 284 g/mol. The lowest BCUT2D eigenvalue weighted by atomic mass is 10.1. The summed E-state index contributed by atoms with van der Waals surface area (Å²) in [5.74, 6) is 1.44. The number of hydrogen-bond donors (Lipinski definition) is 1. The molecule has 0 aliphatic carbocycles. The molecule has 17 heavy (non-hydrogen) atoms. The van der Waals surface area contributed by atoms with E-state index in [-0.39, 0.29) is 0 Å². The van der Waals surface area contributed by atoms with Gasteiger partial charge in [0, 0.05) is 17.1 Å². The molecule has 2 heterocycles. The second-order valence-electron chi connectivity index (χ2n) is 3.92. The van der Waals surface area contributed by atoms with E-state index in [9.17, 15) is 0 Å². The predicted molar refractivity (Wildman–Crippen MR) is 67.2 cm³/mol. The van der Waals surface area contributed by atoms with Crippen molar-refractivity contribution in [3.05, 3.63) is 28.7 Å². The van der Waals surface area contributed by atoms with Gasteiger partial charge in [-0.1, -0.05) is 12.1 Å². The number of halogens is 1. The molecule has 6 heteroatoms. The van der Waals surface area contributed by atoms with Crippen LogP contribution in [-0.4, -0.2) is 21.7 Å². The maximum atomic E-state index is 5.55. The van der Waals surface area contributed by atoms with Crippen LogP contribution < -0.4 is 5.73 Å². The molecule has 0 saturated carbocycles. The van der Waals surface area contributed by atoms with Gasteiger partial charge in [0.05, 0.1) is 0 Å². The van der Waals surface area contributed by atoms with Crippen molar-refractivity contribution in [1.29, 1.82) is 0 Å². The van der Waals surface area contributed by atoms with Gasteiger partial charge in [-0.3, -0.25) is 4.98 Å². The molecule has 0 bridgehead atoms. The van der Waals surface area contributed by atoms with E-state index in [2.05, 4.69) is 31.1 Å². The van der Waals surface area contributed by atoms with E-state index in [0.717, 1.165) is 4.47 Å². The molecule has 0 fully saturated rings. The van der Waals surface area contributed by atoms with Gasteiger partial charge in [0.1, 0.15) is 5.69 Å². The largest absolute Gasteiger partial charge is 0.339 e. The van der Waals surface area contributed by atoms with Crippen molar-refractivity contribution in [3.8, 4) is 11.5 Å². The summed E-state index contributed by atoms with van der Waals surface area (Å²) in [5.41, 5.74) is 6.24. The maximum absolute atomic E-state index is 5.55. The normalized spacial score (nSPS) is 12.6. The van der Waals surface area contributed by atoms with Crippen LogP contribution in [0.15, 0.2) is 27.3 Å². The van der Waals surface area contributed by atoms with Gasteiger partial charge in [-0.25, -0.2) is 0 Å². The Balaban J connectivity index is 2.15. The first-order chi connectivity index (χ1) is 8.19. The van der Waals surface area contributed by atoms with Crippen LogP contribution in [0, 0.1) is 5.92 Å². The predicted octanol–water partition coefficient (Wildman–Crippen LogP) is 2.03.